The van der Waals surface area contributed by atoms with Crippen LogP contribution in [0.3, 0.4) is 0 Å². The summed E-state index contributed by atoms with van der Waals surface area (Å²) in [5.74, 6) is 1.61. The van der Waals surface area contributed by atoms with Crippen molar-refractivity contribution in [1.82, 2.24) is 30.0 Å². The van der Waals surface area contributed by atoms with Crippen molar-refractivity contribution in [3.8, 4) is 28.4 Å². The predicted octanol–water partition coefficient (Wildman–Crippen LogP) is 2.73. The van der Waals surface area contributed by atoms with Crippen LogP contribution in [-0.4, -0.2) is 47.5 Å². The Kier molecular flexibility index (Phi) is 5.16. The summed E-state index contributed by atoms with van der Waals surface area (Å²) in [6.07, 6.45) is 6.22. The number of piperidine rings is 1. The lowest BCUT2D eigenvalue weighted by Crippen LogP contribution is -2.54. The smallest absolute Gasteiger partial charge is 0.350 e. The molecule has 0 aliphatic carbocycles. The number of aromatic hydroxyl groups is 1. The van der Waals surface area contributed by atoms with Crippen molar-refractivity contribution < 1.29 is 5.11 Å². The first-order chi connectivity index (χ1) is 15.7. The van der Waals surface area contributed by atoms with E-state index >= 15 is 0 Å². The van der Waals surface area contributed by atoms with Crippen LogP contribution >= 0.6 is 0 Å². The molecule has 2 saturated heterocycles. The Morgan fingerprint density at radius 1 is 1.15 bits per heavy atom. The fraction of sp³-hybridized carbons (Fsp3) is 0.458. The number of hydrogen-bond donors (Lipinski definition) is 3. The number of rotatable bonds is 5. The maximum Gasteiger partial charge on any atom is 0.350 e. The largest absolute Gasteiger partial charge is 0.507 e. The molecule has 2 aliphatic rings. The number of aryl methyl sites for hydroxylation is 1. The first-order valence-electron chi connectivity index (χ1n) is 11.3. The minimum Gasteiger partial charge on any atom is -0.507 e. The monoisotopic (exact) mass is 447 g/mol. The number of phenolic OH excluding ortho intramolecular Hbond substituents is 1. The molecule has 9 nitrogen and oxygen atoms in total. The van der Waals surface area contributed by atoms with E-state index in [0.29, 0.717) is 22.7 Å². The van der Waals surface area contributed by atoms with E-state index in [0.717, 1.165) is 12.4 Å². The van der Waals surface area contributed by atoms with Gasteiger partial charge < -0.3 is 15.7 Å². The van der Waals surface area contributed by atoms with Gasteiger partial charge in [0, 0.05) is 35.8 Å². The molecule has 2 aliphatic heterocycles. The van der Waals surface area contributed by atoms with Crippen molar-refractivity contribution >= 4 is 5.82 Å². The molecule has 0 spiro atoms. The molecule has 5 rings (SSSR count). The molecular weight excluding hydrogens is 418 g/mol. The number of nitrogens with one attached hydrogen (secondary N) is 2. The fourth-order valence-corrected chi connectivity index (χ4v) is 5.44. The highest BCUT2D eigenvalue weighted by Gasteiger charge is 2.48. The van der Waals surface area contributed by atoms with Crippen molar-refractivity contribution in [1.29, 1.82) is 0 Å². The van der Waals surface area contributed by atoms with E-state index in [1.807, 2.05) is 12.1 Å². The third kappa shape index (κ3) is 4.32. The minimum atomic E-state index is -0.405. The Hall–Kier alpha value is -3.33. The molecule has 2 unspecified atom stereocenters. The Bertz CT molecular complexity index is 1220. The fourth-order valence-electron chi connectivity index (χ4n) is 5.44. The van der Waals surface area contributed by atoms with Crippen molar-refractivity contribution in [3.05, 3.63) is 47.1 Å². The first-order valence-corrected chi connectivity index (χ1v) is 11.3. The van der Waals surface area contributed by atoms with E-state index in [1.165, 1.54) is 42.6 Å². The molecule has 0 radical (unpaired) electrons. The molecule has 4 heterocycles. The van der Waals surface area contributed by atoms with Gasteiger partial charge in [-0.15, -0.1) is 10.2 Å². The van der Waals surface area contributed by atoms with Crippen molar-refractivity contribution in [2.75, 3.05) is 11.9 Å². The number of aromatic nitrogens is 5. The second-order valence-corrected chi connectivity index (χ2v) is 10.0. The Morgan fingerprint density at radius 3 is 2.55 bits per heavy atom. The summed E-state index contributed by atoms with van der Waals surface area (Å²) < 4.78 is 1.29. The van der Waals surface area contributed by atoms with Gasteiger partial charge in [-0.1, -0.05) is 6.07 Å². The standard InChI is InChI=1S/C24H29N7O2/c1-23-8-9-24(2,30-23)12-15(11-23)13-25-20-7-6-18(28-29-20)17-5-4-16(10-19(17)32)21-26-14-31(3)22(33)27-21/h4-7,10,14-15,30,32H,8-9,11-13H2,1-3H3,(H,25,29). The number of fused-ring (bicyclic) bond motifs is 2. The van der Waals surface area contributed by atoms with E-state index in [1.54, 1.807) is 19.2 Å². The zero-order valence-electron chi connectivity index (χ0n) is 19.2. The molecule has 1 aromatic carbocycles. The van der Waals surface area contributed by atoms with E-state index in [9.17, 15) is 9.90 Å². The summed E-state index contributed by atoms with van der Waals surface area (Å²) in [6.45, 7) is 5.54. The average molecular weight is 448 g/mol. The molecule has 0 amide bonds. The third-order valence-corrected chi connectivity index (χ3v) is 6.94. The van der Waals surface area contributed by atoms with Crippen molar-refractivity contribution in [2.45, 2.75) is 50.6 Å². The second-order valence-electron chi connectivity index (χ2n) is 10.0. The van der Waals surface area contributed by atoms with Crippen LogP contribution in [0.1, 0.15) is 39.5 Å². The van der Waals surface area contributed by atoms with E-state index in [-0.39, 0.29) is 22.7 Å². The molecule has 9 heteroatoms. The quantitative estimate of drug-likeness (QED) is 0.546. The first kappa shape index (κ1) is 21.5. The maximum atomic E-state index is 11.8. The molecule has 3 N–H and O–H groups in total. The zero-order valence-corrected chi connectivity index (χ0v) is 19.2. The summed E-state index contributed by atoms with van der Waals surface area (Å²) in [7, 11) is 1.58. The summed E-state index contributed by atoms with van der Waals surface area (Å²) in [5.41, 5.74) is 1.76. The van der Waals surface area contributed by atoms with Crippen LogP contribution in [0.2, 0.25) is 0 Å². The van der Waals surface area contributed by atoms with Crippen LogP contribution in [0.25, 0.3) is 22.6 Å². The molecule has 2 bridgehead atoms. The van der Waals surface area contributed by atoms with Gasteiger partial charge in [-0.05, 0) is 69.7 Å². The van der Waals surface area contributed by atoms with Gasteiger partial charge in [-0.3, -0.25) is 4.57 Å². The van der Waals surface area contributed by atoms with Crippen LogP contribution in [0.15, 0.2) is 41.5 Å². The molecular formula is C24H29N7O2. The third-order valence-electron chi connectivity index (χ3n) is 6.94. The van der Waals surface area contributed by atoms with E-state index < -0.39 is 5.69 Å². The zero-order chi connectivity index (χ0) is 23.2. The normalized spacial score (nSPS) is 26.3. The lowest BCUT2D eigenvalue weighted by Gasteiger charge is -2.42. The van der Waals surface area contributed by atoms with Crippen LogP contribution in [0.5, 0.6) is 5.75 Å². The lowest BCUT2D eigenvalue weighted by atomic mass is 9.80. The Balaban J connectivity index is 1.26. The molecule has 3 aromatic rings. The number of anilines is 1. The molecule has 2 fully saturated rings. The predicted molar refractivity (Wildman–Crippen MR) is 126 cm³/mol. The second kappa shape index (κ2) is 7.91. The highest BCUT2D eigenvalue weighted by atomic mass is 16.3. The van der Waals surface area contributed by atoms with Crippen molar-refractivity contribution in [2.24, 2.45) is 13.0 Å². The molecule has 33 heavy (non-hydrogen) atoms. The lowest BCUT2D eigenvalue weighted by molar-refractivity contribution is 0.178. The van der Waals surface area contributed by atoms with E-state index in [4.69, 9.17) is 0 Å². The molecule has 2 aromatic heterocycles. The summed E-state index contributed by atoms with van der Waals surface area (Å²) in [5, 5.41) is 26.4. The van der Waals surface area contributed by atoms with Gasteiger partial charge in [0.2, 0.25) is 0 Å². The SMILES string of the molecule is Cn1cnc(-c2ccc(-c3ccc(NCC4CC5(C)CCC(C)(C4)N5)nn3)c(O)c2)nc1=O. The Labute approximate surface area is 192 Å². The maximum absolute atomic E-state index is 11.8. The van der Waals surface area contributed by atoms with Crippen LogP contribution in [-0.2, 0) is 7.05 Å². The number of benzene rings is 1. The summed E-state index contributed by atoms with van der Waals surface area (Å²) in [4.78, 5) is 19.8. The van der Waals surface area contributed by atoms with Gasteiger partial charge in [0.15, 0.2) is 5.82 Å². The highest BCUT2D eigenvalue weighted by Crippen LogP contribution is 2.44. The van der Waals surface area contributed by atoms with Crippen LogP contribution in [0, 0.1) is 5.92 Å². The molecule has 0 saturated carbocycles. The number of phenols is 1. The average Bonchev–Trinajstić information content (AvgIpc) is 3.01. The highest BCUT2D eigenvalue weighted by molar-refractivity contribution is 5.72. The van der Waals surface area contributed by atoms with E-state index in [2.05, 4.69) is 44.6 Å². The molecule has 2 atom stereocenters. The van der Waals surface area contributed by atoms with Gasteiger partial charge in [0.25, 0.3) is 0 Å². The minimum absolute atomic E-state index is 0.0263. The number of nitrogens with zero attached hydrogens (tertiary/aromatic N) is 5. The van der Waals surface area contributed by atoms with Crippen LogP contribution in [0.4, 0.5) is 5.82 Å². The molecule has 172 valence electrons. The topological polar surface area (TPSA) is 118 Å². The van der Waals surface area contributed by atoms with Gasteiger partial charge in [-0.2, -0.15) is 4.98 Å². The Morgan fingerprint density at radius 2 is 1.91 bits per heavy atom. The van der Waals surface area contributed by atoms with Gasteiger partial charge >= 0.3 is 5.69 Å². The summed E-state index contributed by atoms with van der Waals surface area (Å²) in [6, 6.07) is 8.75. The van der Waals surface area contributed by atoms with Crippen molar-refractivity contribution in [3.63, 3.8) is 0 Å². The van der Waals surface area contributed by atoms with Gasteiger partial charge in [0.1, 0.15) is 17.9 Å². The summed E-state index contributed by atoms with van der Waals surface area (Å²) >= 11 is 0. The van der Waals surface area contributed by atoms with Crippen LogP contribution < -0.4 is 16.3 Å². The van der Waals surface area contributed by atoms with Gasteiger partial charge in [-0.25, -0.2) is 9.78 Å². The number of hydrogen-bond acceptors (Lipinski definition) is 8. The van der Waals surface area contributed by atoms with Gasteiger partial charge in [0.05, 0.1) is 5.69 Å².